The second kappa shape index (κ2) is 6.10. The Kier molecular flexibility index (Phi) is 4.18. The Labute approximate surface area is 130 Å². The molecule has 3 rings (SSSR count). The van der Waals surface area contributed by atoms with E-state index in [1.165, 1.54) is 5.56 Å². The molecule has 2 heterocycles. The lowest BCUT2D eigenvalue weighted by atomic mass is 10.0. The lowest BCUT2D eigenvalue weighted by molar-refractivity contribution is -0.132. The monoisotopic (exact) mass is 304 g/mol. The van der Waals surface area contributed by atoms with E-state index < -0.39 is 0 Å². The normalized spacial score (nSPS) is 23.6. The van der Waals surface area contributed by atoms with E-state index in [2.05, 4.69) is 10.2 Å². The molecule has 1 fully saturated rings. The number of nitrogens with zero attached hydrogens (tertiary/aromatic N) is 3. The fraction of sp³-hybridized carbons (Fsp3) is 0.688. The molecule has 6 nitrogen and oxygen atoms in total. The van der Waals surface area contributed by atoms with Crippen LogP contribution in [-0.4, -0.2) is 58.5 Å². The first-order valence-corrected chi connectivity index (χ1v) is 8.15. The average Bonchev–Trinajstić information content (AvgIpc) is 3.21. The number of rotatable bonds is 4. The maximum Gasteiger partial charge on any atom is 0.231 e. The summed E-state index contributed by atoms with van der Waals surface area (Å²) in [6.07, 6.45) is 5.18. The van der Waals surface area contributed by atoms with Crippen LogP contribution in [0.3, 0.4) is 0 Å². The molecule has 2 amide bonds. The van der Waals surface area contributed by atoms with E-state index in [1.807, 2.05) is 30.0 Å². The van der Waals surface area contributed by atoms with E-state index >= 15 is 0 Å². The number of fused-ring (bicyclic) bond motifs is 1. The van der Waals surface area contributed by atoms with Gasteiger partial charge in [0.2, 0.25) is 11.8 Å². The summed E-state index contributed by atoms with van der Waals surface area (Å²) in [6.45, 7) is 4.23. The second-order valence-electron chi connectivity index (χ2n) is 6.47. The van der Waals surface area contributed by atoms with Crippen LogP contribution in [0.2, 0.25) is 0 Å². The highest BCUT2D eigenvalue weighted by atomic mass is 16.2. The summed E-state index contributed by atoms with van der Waals surface area (Å²) in [4.78, 5) is 28.2. The molecule has 6 heteroatoms. The molecule has 0 aromatic carbocycles. The summed E-state index contributed by atoms with van der Waals surface area (Å²) in [7, 11) is 1.88. The summed E-state index contributed by atoms with van der Waals surface area (Å²) < 4.78 is 0. The number of amides is 2. The summed E-state index contributed by atoms with van der Waals surface area (Å²) >= 11 is 0. The Morgan fingerprint density at radius 3 is 3.05 bits per heavy atom. The van der Waals surface area contributed by atoms with Crippen molar-refractivity contribution in [2.75, 3.05) is 26.7 Å². The molecule has 2 aliphatic rings. The molecule has 0 radical (unpaired) electrons. The van der Waals surface area contributed by atoms with Crippen molar-refractivity contribution in [2.24, 2.45) is 5.92 Å². The van der Waals surface area contributed by atoms with Crippen LogP contribution < -0.4 is 0 Å². The highest BCUT2D eigenvalue weighted by molar-refractivity contribution is 5.84. The topological polar surface area (TPSA) is 69.3 Å². The smallest absolute Gasteiger partial charge is 0.231 e. The largest absolute Gasteiger partial charge is 0.345 e. The highest BCUT2D eigenvalue weighted by Gasteiger charge is 2.34. The van der Waals surface area contributed by atoms with E-state index in [0.29, 0.717) is 12.3 Å². The molecule has 1 aliphatic heterocycles. The minimum Gasteiger partial charge on any atom is -0.345 e. The van der Waals surface area contributed by atoms with E-state index in [0.717, 1.165) is 44.6 Å². The lowest BCUT2D eigenvalue weighted by Gasteiger charge is -2.24. The summed E-state index contributed by atoms with van der Waals surface area (Å²) in [5, 5.41) is 7.01. The van der Waals surface area contributed by atoms with Gasteiger partial charge < -0.3 is 9.80 Å². The lowest BCUT2D eigenvalue weighted by Crippen LogP contribution is -2.36. The minimum atomic E-state index is -0.0720. The zero-order chi connectivity index (χ0) is 15.7. The van der Waals surface area contributed by atoms with Gasteiger partial charge in [-0.1, -0.05) is 6.92 Å². The Morgan fingerprint density at radius 2 is 2.27 bits per heavy atom. The quantitative estimate of drug-likeness (QED) is 0.907. The molecule has 1 saturated heterocycles. The van der Waals surface area contributed by atoms with Crippen molar-refractivity contribution >= 4 is 11.8 Å². The van der Waals surface area contributed by atoms with Gasteiger partial charge in [-0.3, -0.25) is 14.7 Å². The van der Waals surface area contributed by atoms with Crippen molar-refractivity contribution in [3.05, 3.63) is 17.5 Å². The standard InChI is InChI=1S/C16H24N4O2/c1-3-14(21)20-7-6-11(10-20)9-19(2)16(22)13-5-4-12-8-17-18-15(12)13/h8,11,13H,3-7,9-10H2,1-2H3,(H,17,18). The van der Waals surface area contributed by atoms with Crippen molar-refractivity contribution in [2.45, 2.75) is 38.5 Å². The van der Waals surface area contributed by atoms with Crippen LogP contribution in [0, 0.1) is 5.92 Å². The molecule has 0 saturated carbocycles. The molecular formula is C16H24N4O2. The van der Waals surface area contributed by atoms with Crippen molar-refractivity contribution in [3.8, 4) is 0 Å². The van der Waals surface area contributed by atoms with Gasteiger partial charge in [0.25, 0.3) is 0 Å². The summed E-state index contributed by atoms with van der Waals surface area (Å²) in [6, 6.07) is 0. The molecule has 0 spiro atoms. The van der Waals surface area contributed by atoms with Crippen LogP contribution in [0.4, 0.5) is 0 Å². The molecule has 1 aromatic rings. The van der Waals surface area contributed by atoms with Crippen LogP contribution in [-0.2, 0) is 16.0 Å². The van der Waals surface area contributed by atoms with Crippen molar-refractivity contribution in [1.29, 1.82) is 0 Å². The van der Waals surface area contributed by atoms with Gasteiger partial charge in [-0.25, -0.2) is 0 Å². The first-order chi connectivity index (χ1) is 10.6. The van der Waals surface area contributed by atoms with Gasteiger partial charge in [0, 0.05) is 33.1 Å². The third-order valence-electron chi connectivity index (χ3n) is 4.95. The van der Waals surface area contributed by atoms with Crippen LogP contribution in [0.1, 0.15) is 43.4 Å². The van der Waals surface area contributed by atoms with Gasteiger partial charge in [0.05, 0.1) is 17.8 Å². The molecule has 22 heavy (non-hydrogen) atoms. The molecule has 1 N–H and O–H groups in total. The van der Waals surface area contributed by atoms with E-state index in [9.17, 15) is 9.59 Å². The number of carbonyl (C=O) groups is 2. The number of aryl methyl sites for hydroxylation is 1. The summed E-state index contributed by atoms with van der Waals surface area (Å²) in [5.41, 5.74) is 2.17. The number of hydrogen-bond donors (Lipinski definition) is 1. The van der Waals surface area contributed by atoms with Gasteiger partial charge in [-0.15, -0.1) is 0 Å². The molecular weight excluding hydrogens is 280 g/mol. The number of hydrogen-bond acceptors (Lipinski definition) is 3. The van der Waals surface area contributed by atoms with Crippen LogP contribution in [0.15, 0.2) is 6.20 Å². The molecule has 0 bridgehead atoms. The Balaban J connectivity index is 1.56. The molecule has 1 aliphatic carbocycles. The zero-order valence-corrected chi connectivity index (χ0v) is 13.3. The van der Waals surface area contributed by atoms with Gasteiger partial charge in [0.15, 0.2) is 0 Å². The predicted molar refractivity (Wildman–Crippen MR) is 82.3 cm³/mol. The fourth-order valence-corrected chi connectivity index (χ4v) is 3.69. The average molecular weight is 304 g/mol. The number of aromatic amines is 1. The fourth-order valence-electron chi connectivity index (χ4n) is 3.69. The third-order valence-corrected chi connectivity index (χ3v) is 4.95. The van der Waals surface area contributed by atoms with Crippen molar-refractivity contribution in [1.82, 2.24) is 20.0 Å². The van der Waals surface area contributed by atoms with E-state index in [1.54, 1.807) is 0 Å². The van der Waals surface area contributed by atoms with Crippen molar-refractivity contribution in [3.63, 3.8) is 0 Å². The molecule has 2 unspecified atom stereocenters. The Bertz CT molecular complexity index is 568. The maximum atomic E-state index is 12.7. The van der Waals surface area contributed by atoms with Gasteiger partial charge in [-0.05, 0) is 30.7 Å². The molecule has 1 aromatic heterocycles. The second-order valence-corrected chi connectivity index (χ2v) is 6.47. The van der Waals surface area contributed by atoms with Crippen LogP contribution in [0.25, 0.3) is 0 Å². The number of carbonyl (C=O) groups excluding carboxylic acids is 2. The minimum absolute atomic E-state index is 0.0720. The first kappa shape index (κ1) is 15.1. The number of likely N-dealkylation sites (tertiary alicyclic amines) is 1. The number of nitrogens with one attached hydrogen (secondary N) is 1. The first-order valence-electron chi connectivity index (χ1n) is 8.15. The predicted octanol–water partition coefficient (Wildman–Crippen LogP) is 1.16. The zero-order valence-electron chi connectivity index (χ0n) is 13.3. The number of aromatic nitrogens is 2. The highest BCUT2D eigenvalue weighted by Crippen LogP contribution is 2.32. The van der Waals surface area contributed by atoms with E-state index in [-0.39, 0.29) is 17.7 Å². The number of likely N-dealkylation sites (N-methyl/N-ethyl adjacent to an activating group) is 1. The summed E-state index contributed by atoms with van der Waals surface area (Å²) in [5.74, 6) is 0.710. The molecule has 120 valence electrons. The third kappa shape index (κ3) is 2.74. The van der Waals surface area contributed by atoms with Gasteiger partial charge in [0.1, 0.15) is 0 Å². The van der Waals surface area contributed by atoms with E-state index in [4.69, 9.17) is 0 Å². The maximum absolute atomic E-state index is 12.7. The van der Waals surface area contributed by atoms with Gasteiger partial charge in [-0.2, -0.15) is 5.10 Å². The van der Waals surface area contributed by atoms with Crippen molar-refractivity contribution < 1.29 is 9.59 Å². The number of H-pyrrole nitrogens is 1. The van der Waals surface area contributed by atoms with Crippen LogP contribution >= 0.6 is 0 Å². The Hall–Kier alpha value is -1.85. The molecule has 2 atom stereocenters. The van der Waals surface area contributed by atoms with Gasteiger partial charge >= 0.3 is 0 Å². The SMILES string of the molecule is CCC(=O)N1CCC(CN(C)C(=O)C2CCc3cn[nH]c32)C1. The Morgan fingerprint density at radius 1 is 1.45 bits per heavy atom. The van der Waals surface area contributed by atoms with Crippen LogP contribution in [0.5, 0.6) is 0 Å².